The fraction of sp³-hybridized carbons (Fsp3) is 0.400. The third kappa shape index (κ3) is 1.57. The third-order valence-corrected chi connectivity index (χ3v) is 2.66. The Balaban J connectivity index is 3.60. The molecule has 0 unspecified atom stereocenters. The highest BCUT2D eigenvalue weighted by atomic mass is 35.5. The molecule has 78 valence electrons. The zero-order chi connectivity index (χ0) is 11.0. The molecule has 0 fully saturated rings. The molecule has 14 heavy (non-hydrogen) atoms. The molecular weight excluding hydrogens is 208 g/mol. The van der Waals surface area contributed by atoms with Gasteiger partial charge in [-0.1, -0.05) is 25.4 Å². The second-order valence-electron chi connectivity index (χ2n) is 3.55. The predicted molar refractivity (Wildman–Crippen MR) is 54.6 cm³/mol. The molecule has 0 saturated carbocycles. The Bertz CT molecular complexity index is 346. The van der Waals surface area contributed by atoms with Crippen molar-refractivity contribution in [3.8, 4) is 0 Å². The molecule has 0 amide bonds. The summed E-state index contributed by atoms with van der Waals surface area (Å²) in [5, 5.41) is -0.0902. The number of benzene rings is 1. The minimum absolute atomic E-state index is 0.0434. The highest BCUT2D eigenvalue weighted by molar-refractivity contribution is 6.32. The van der Waals surface area contributed by atoms with Gasteiger partial charge in [-0.15, -0.1) is 0 Å². The molecule has 0 radical (unpaired) electrons. The Labute approximate surface area is 86.9 Å². The zero-order valence-electron chi connectivity index (χ0n) is 8.29. The average Bonchev–Trinajstić information content (AvgIpc) is 2.11. The van der Waals surface area contributed by atoms with Crippen molar-refractivity contribution in [3.63, 3.8) is 0 Å². The summed E-state index contributed by atoms with van der Waals surface area (Å²) in [7, 11) is 0. The Morgan fingerprint density at radius 1 is 1.21 bits per heavy atom. The summed E-state index contributed by atoms with van der Waals surface area (Å²) in [4.78, 5) is 0. The smallest absolute Gasteiger partial charge is 0.152 e. The van der Waals surface area contributed by atoms with Crippen molar-refractivity contribution in [3.05, 3.63) is 27.8 Å². The van der Waals surface area contributed by atoms with Crippen LogP contribution in [-0.4, -0.2) is 0 Å². The van der Waals surface area contributed by atoms with Crippen molar-refractivity contribution < 1.29 is 8.78 Å². The second-order valence-corrected chi connectivity index (χ2v) is 3.93. The largest absolute Gasteiger partial charge is 0.396 e. The normalized spacial score (nSPS) is 11.1. The molecule has 0 aliphatic carbocycles. The number of rotatable bonds is 1. The van der Waals surface area contributed by atoms with E-state index in [1.807, 2.05) is 0 Å². The lowest BCUT2D eigenvalue weighted by Gasteiger charge is -2.14. The van der Waals surface area contributed by atoms with Crippen LogP contribution in [0.15, 0.2) is 0 Å². The Morgan fingerprint density at radius 2 is 1.71 bits per heavy atom. The van der Waals surface area contributed by atoms with Gasteiger partial charge >= 0.3 is 0 Å². The lowest BCUT2D eigenvalue weighted by molar-refractivity contribution is 0.543. The monoisotopic (exact) mass is 219 g/mol. The number of hydrogen-bond acceptors (Lipinski definition) is 1. The van der Waals surface area contributed by atoms with E-state index in [0.717, 1.165) is 0 Å². The van der Waals surface area contributed by atoms with Crippen LogP contribution in [0.2, 0.25) is 5.02 Å². The predicted octanol–water partition coefficient (Wildman–Crippen LogP) is 3.63. The molecule has 1 nitrogen and oxygen atoms in total. The van der Waals surface area contributed by atoms with Crippen molar-refractivity contribution in [1.82, 2.24) is 0 Å². The zero-order valence-corrected chi connectivity index (χ0v) is 9.04. The van der Waals surface area contributed by atoms with E-state index in [9.17, 15) is 8.78 Å². The molecule has 1 rings (SSSR count). The first-order chi connectivity index (χ1) is 6.37. The molecule has 1 aromatic carbocycles. The number of hydrogen-bond donors (Lipinski definition) is 1. The summed E-state index contributed by atoms with van der Waals surface area (Å²) < 4.78 is 27.1. The van der Waals surface area contributed by atoms with Crippen LogP contribution < -0.4 is 5.73 Å². The maximum absolute atomic E-state index is 13.5. The van der Waals surface area contributed by atoms with E-state index in [2.05, 4.69) is 0 Å². The van der Waals surface area contributed by atoms with Crippen molar-refractivity contribution in [2.24, 2.45) is 0 Å². The first-order valence-electron chi connectivity index (χ1n) is 4.30. The van der Waals surface area contributed by atoms with E-state index in [4.69, 9.17) is 17.3 Å². The molecule has 1 aromatic rings. The van der Waals surface area contributed by atoms with E-state index in [-0.39, 0.29) is 27.8 Å². The van der Waals surface area contributed by atoms with Crippen LogP contribution >= 0.6 is 11.6 Å². The van der Waals surface area contributed by atoms with Crippen molar-refractivity contribution >= 4 is 17.3 Å². The average molecular weight is 220 g/mol. The van der Waals surface area contributed by atoms with Gasteiger partial charge in [-0.25, -0.2) is 8.78 Å². The summed E-state index contributed by atoms with van der Waals surface area (Å²) in [5.74, 6) is -1.68. The van der Waals surface area contributed by atoms with Gasteiger partial charge in [-0.3, -0.25) is 0 Å². The standard InChI is InChI=1S/C10H12ClF2N/c1-4(2)6-8(12)7(11)5(3)10(14)9(6)13/h4H,14H2,1-3H3. The maximum Gasteiger partial charge on any atom is 0.152 e. The Morgan fingerprint density at radius 3 is 2.14 bits per heavy atom. The summed E-state index contributed by atoms with van der Waals surface area (Å²) in [6.45, 7) is 4.87. The van der Waals surface area contributed by atoms with Crippen LogP contribution in [0.3, 0.4) is 0 Å². The SMILES string of the molecule is Cc1c(N)c(F)c(C(C)C)c(F)c1Cl. The lowest BCUT2D eigenvalue weighted by atomic mass is 9.99. The summed E-state index contributed by atoms with van der Waals surface area (Å²) >= 11 is 5.68. The van der Waals surface area contributed by atoms with Crippen LogP contribution in [0.4, 0.5) is 14.5 Å². The molecule has 0 heterocycles. The van der Waals surface area contributed by atoms with Gasteiger partial charge < -0.3 is 5.73 Å². The molecule has 0 atom stereocenters. The van der Waals surface area contributed by atoms with Gasteiger partial charge in [-0.2, -0.15) is 0 Å². The van der Waals surface area contributed by atoms with Gasteiger partial charge in [0.1, 0.15) is 5.82 Å². The highest BCUT2D eigenvalue weighted by Gasteiger charge is 2.21. The molecular formula is C10H12ClF2N. The number of nitrogen functional groups attached to an aromatic ring is 1. The fourth-order valence-electron chi connectivity index (χ4n) is 1.31. The summed E-state index contributed by atoms with van der Waals surface area (Å²) in [6.07, 6.45) is 0. The minimum Gasteiger partial charge on any atom is -0.396 e. The van der Waals surface area contributed by atoms with Gasteiger partial charge in [0.2, 0.25) is 0 Å². The fourth-order valence-corrected chi connectivity index (χ4v) is 1.52. The second kappa shape index (κ2) is 3.73. The van der Waals surface area contributed by atoms with Gasteiger partial charge in [0.15, 0.2) is 5.82 Å². The molecule has 0 bridgehead atoms. The molecule has 0 saturated heterocycles. The quantitative estimate of drug-likeness (QED) is 0.567. The first-order valence-corrected chi connectivity index (χ1v) is 4.68. The number of nitrogens with two attached hydrogens (primary N) is 1. The van der Waals surface area contributed by atoms with Crippen LogP contribution in [0, 0.1) is 18.6 Å². The topological polar surface area (TPSA) is 26.0 Å². The van der Waals surface area contributed by atoms with Gasteiger partial charge in [0, 0.05) is 5.56 Å². The van der Waals surface area contributed by atoms with Gasteiger partial charge in [0.25, 0.3) is 0 Å². The Hall–Kier alpha value is -0.830. The van der Waals surface area contributed by atoms with Crippen LogP contribution in [0.1, 0.15) is 30.9 Å². The third-order valence-electron chi connectivity index (χ3n) is 2.21. The van der Waals surface area contributed by atoms with E-state index < -0.39 is 11.6 Å². The Kier molecular flexibility index (Phi) is 3.00. The van der Waals surface area contributed by atoms with Crippen molar-refractivity contribution in [1.29, 1.82) is 0 Å². The molecule has 0 aromatic heterocycles. The first kappa shape index (κ1) is 11.2. The van der Waals surface area contributed by atoms with E-state index in [1.165, 1.54) is 6.92 Å². The highest BCUT2D eigenvalue weighted by Crippen LogP contribution is 2.34. The number of halogens is 3. The summed E-state index contributed by atoms with van der Waals surface area (Å²) in [5.41, 5.74) is 5.61. The van der Waals surface area contributed by atoms with E-state index in [0.29, 0.717) is 0 Å². The van der Waals surface area contributed by atoms with E-state index >= 15 is 0 Å². The molecule has 2 N–H and O–H groups in total. The summed E-state index contributed by atoms with van der Waals surface area (Å²) in [6, 6.07) is 0. The molecule has 0 aliphatic rings. The maximum atomic E-state index is 13.5. The van der Waals surface area contributed by atoms with Crippen LogP contribution in [0.25, 0.3) is 0 Å². The minimum atomic E-state index is -0.703. The number of anilines is 1. The molecule has 0 spiro atoms. The van der Waals surface area contributed by atoms with Crippen LogP contribution in [-0.2, 0) is 0 Å². The van der Waals surface area contributed by atoms with Crippen LogP contribution in [0.5, 0.6) is 0 Å². The van der Waals surface area contributed by atoms with Crippen molar-refractivity contribution in [2.45, 2.75) is 26.7 Å². The lowest BCUT2D eigenvalue weighted by Crippen LogP contribution is -2.06. The van der Waals surface area contributed by atoms with Gasteiger partial charge in [0.05, 0.1) is 10.7 Å². The van der Waals surface area contributed by atoms with Crippen molar-refractivity contribution in [2.75, 3.05) is 5.73 Å². The van der Waals surface area contributed by atoms with Gasteiger partial charge in [-0.05, 0) is 18.4 Å². The molecule has 0 aliphatic heterocycles. The van der Waals surface area contributed by atoms with E-state index in [1.54, 1.807) is 13.8 Å². The molecule has 4 heteroatoms.